The minimum atomic E-state index is -1.78. The molecule has 27 heteroatoms. The van der Waals surface area contributed by atoms with Crippen molar-refractivity contribution < 1.29 is 53.1 Å². The number of hydrogen-bond acceptors (Lipinski definition) is 15. The number of carboxylic acid groups (broad SMARTS) is 1. The molecule has 8 amide bonds. The van der Waals surface area contributed by atoms with E-state index in [1.54, 1.807) is 30.3 Å². The van der Waals surface area contributed by atoms with Gasteiger partial charge in [-0.25, -0.2) is 0 Å². The number of thiol groups is 1. The number of carbonyl (C=O) groups excluding carboxylic acids is 9. The molecule has 0 aliphatic heterocycles. The fraction of sp³-hybridized carbons (Fsp3) is 0.638. The number of nitrogens with two attached hydrogens (primary N) is 3. The molecule has 1 aromatic rings. The number of Topliss-reactive ketones (excluding diaryl/α,β-unsaturated/α-hetero) is 1. The Labute approximate surface area is 452 Å². The summed E-state index contributed by atoms with van der Waals surface area (Å²) in [6, 6.07) is -0.294. The number of carboxylic acids is 1. The highest BCUT2D eigenvalue weighted by Crippen LogP contribution is 2.25. The largest absolute Gasteiger partial charge is 0.481 e. The molecular formula is C47H77ClN12O11S3. The SMILES string of the molecule is CC(=O)[C@H](CS)NC(=O)[C@H](Cc1ccccc1)NC(=O)[C@H](CSC(C)(C)C)NC(=O)[C@H](CC(=O)O)NC(=O)CNC(=O)[C@H](CCCN=C(N)N)NC(=O)[C@H](CSC(C)(C)C)NC(=O)[C@H](CCCCN)NC(=O)CCl. The van der Waals surface area contributed by atoms with Crippen LogP contribution in [0, 0.1) is 0 Å². The van der Waals surface area contributed by atoms with Gasteiger partial charge in [0, 0.05) is 39.7 Å². The lowest BCUT2D eigenvalue weighted by atomic mass is 10.0. The summed E-state index contributed by atoms with van der Waals surface area (Å²) in [5.74, 6) is -9.10. The zero-order chi connectivity index (χ0) is 56.2. The molecular weight excluding hydrogens is 1040 g/mol. The molecule has 0 fully saturated rings. The number of nitrogens with one attached hydrogen (secondary N) is 8. The number of ketones is 1. The number of guanidine groups is 1. The molecule has 0 bridgehead atoms. The monoisotopic (exact) mass is 1120 g/mol. The number of unbranched alkanes of at least 4 members (excludes halogenated alkanes) is 1. The van der Waals surface area contributed by atoms with Gasteiger partial charge in [0.25, 0.3) is 0 Å². The zero-order valence-corrected chi connectivity index (χ0v) is 46.5. The van der Waals surface area contributed by atoms with E-state index in [9.17, 15) is 53.1 Å². The molecule has 0 spiro atoms. The van der Waals surface area contributed by atoms with Crippen molar-refractivity contribution in [1.29, 1.82) is 0 Å². The molecule has 1 rings (SSSR count). The van der Waals surface area contributed by atoms with E-state index in [2.05, 4.69) is 60.2 Å². The molecule has 0 saturated carbocycles. The standard InChI is InChI=1S/C47H77ClN12O11S3/c1-27(61)33(24-72)58-41(68)31(20-28-14-9-8-10-15-28)57-44(71)35(26-74-47(5,6)7)60-42(69)32(21-38(64)65)55-37(63)23-53-39(66)29(17-13-19-52-45(50)51)56-43(70)34(25-73-46(2,3)4)59-40(67)30(16-11-12-18-49)54-36(62)22-48/h8-10,14-15,29-35,72H,11-13,16-26,49H2,1-7H3,(H,53,66)(H,54,62)(H,55,63)(H,56,70)(H,57,71)(H,58,68)(H,59,67)(H,60,69)(H,64,65)(H4,50,51,52)/t29-,30-,31-,32-,33-,34-,35-/m0/s1. The van der Waals surface area contributed by atoms with Crippen LogP contribution in [-0.4, -0.2) is 165 Å². The molecule has 0 unspecified atom stereocenters. The van der Waals surface area contributed by atoms with Gasteiger partial charge in [-0.3, -0.25) is 52.9 Å². The Morgan fingerprint density at radius 1 is 0.635 bits per heavy atom. The lowest BCUT2D eigenvalue weighted by Crippen LogP contribution is -2.60. The lowest BCUT2D eigenvalue weighted by Gasteiger charge is -2.28. The summed E-state index contributed by atoms with van der Waals surface area (Å²) in [5.41, 5.74) is 17.2. The number of aliphatic imine (C=N–C) groups is 1. The normalized spacial score (nSPS) is 14.2. The van der Waals surface area contributed by atoms with E-state index in [1.165, 1.54) is 30.4 Å². The van der Waals surface area contributed by atoms with Crippen LogP contribution < -0.4 is 59.7 Å². The molecule has 15 N–H and O–H groups in total. The zero-order valence-electron chi connectivity index (χ0n) is 43.2. The van der Waals surface area contributed by atoms with Gasteiger partial charge in [0.15, 0.2) is 11.7 Å². The van der Waals surface area contributed by atoms with Gasteiger partial charge in [0.05, 0.1) is 19.0 Å². The van der Waals surface area contributed by atoms with E-state index in [0.29, 0.717) is 24.9 Å². The number of thioether (sulfide) groups is 2. The second kappa shape index (κ2) is 34.3. The van der Waals surface area contributed by atoms with Gasteiger partial charge in [-0.05, 0) is 51.1 Å². The highest BCUT2D eigenvalue weighted by Gasteiger charge is 2.34. The first-order valence-corrected chi connectivity index (χ1v) is 27.1. The molecule has 0 aromatic heterocycles. The van der Waals surface area contributed by atoms with Crippen LogP contribution >= 0.6 is 47.8 Å². The minimum absolute atomic E-state index is 0.00691. The van der Waals surface area contributed by atoms with Crippen LogP contribution in [0.25, 0.3) is 0 Å². The smallest absolute Gasteiger partial charge is 0.305 e. The summed E-state index contributed by atoms with van der Waals surface area (Å²) in [4.78, 5) is 137. The summed E-state index contributed by atoms with van der Waals surface area (Å²) in [7, 11) is 0. The van der Waals surface area contributed by atoms with Crippen LogP contribution in [0.4, 0.5) is 0 Å². The number of carbonyl (C=O) groups is 10. The Balaban J connectivity index is 3.43. The predicted molar refractivity (Wildman–Crippen MR) is 291 cm³/mol. The van der Waals surface area contributed by atoms with Gasteiger partial charge in [-0.1, -0.05) is 71.9 Å². The molecule has 0 aliphatic carbocycles. The third-order valence-electron chi connectivity index (χ3n) is 10.3. The molecule has 7 atom stereocenters. The number of nitrogens with zero attached hydrogens (tertiary/aromatic N) is 1. The highest BCUT2D eigenvalue weighted by molar-refractivity contribution is 8.00. The van der Waals surface area contributed by atoms with Crippen LogP contribution in [0.1, 0.15) is 92.6 Å². The van der Waals surface area contributed by atoms with Crippen molar-refractivity contribution in [2.75, 3.05) is 42.8 Å². The highest BCUT2D eigenvalue weighted by atomic mass is 35.5. The Hall–Kier alpha value is -5.31. The number of hydrogen-bond donors (Lipinski definition) is 13. The number of alkyl halides is 1. The van der Waals surface area contributed by atoms with Gasteiger partial charge < -0.3 is 64.8 Å². The lowest BCUT2D eigenvalue weighted by molar-refractivity contribution is -0.141. The Morgan fingerprint density at radius 2 is 1.09 bits per heavy atom. The van der Waals surface area contributed by atoms with Crippen molar-refractivity contribution in [2.45, 2.75) is 145 Å². The molecule has 0 aliphatic rings. The fourth-order valence-electron chi connectivity index (χ4n) is 6.42. The number of aliphatic carboxylic acids is 1. The maximum atomic E-state index is 14.1. The van der Waals surface area contributed by atoms with Crippen molar-refractivity contribution in [3.8, 4) is 0 Å². The Bertz CT molecular complexity index is 2080. The predicted octanol–water partition coefficient (Wildman–Crippen LogP) is -0.783. The van der Waals surface area contributed by atoms with Crippen molar-refractivity contribution in [1.82, 2.24) is 42.5 Å². The second-order valence-corrected chi connectivity index (χ2v) is 23.4. The average molecular weight is 1120 g/mol. The molecule has 0 heterocycles. The summed E-state index contributed by atoms with van der Waals surface area (Å²) in [6.07, 6.45) is 0.358. The maximum absolute atomic E-state index is 14.1. The molecule has 416 valence electrons. The quantitative estimate of drug-likeness (QED) is 0.0132. The average Bonchev–Trinajstić information content (AvgIpc) is 3.31. The third-order valence-corrected chi connectivity index (χ3v) is 13.6. The van der Waals surface area contributed by atoms with E-state index in [0.717, 1.165) is 0 Å². The fourth-order valence-corrected chi connectivity index (χ4v) is 8.64. The molecule has 1 aromatic carbocycles. The molecule has 0 radical (unpaired) electrons. The first-order chi connectivity index (χ1) is 34.6. The van der Waals surface area contributed by atoms with E-state index in [4.69, 9.17) is 28.8 Å². The van der Waals surface area contributed by atoms with Crippen LogP contribution in [0.15, 0.2) is 35.3 Å². The minimum Gasteiger partial charge on any atom is -0.481 e. The third kappa shape index (κ3) is 29.0. The first-order valence-electron chi connectivity index (χ1n) is 23.9. The van der Waals surface area contributed by atoms with Gasteiger partial charge in [0.2, 0.25) is 47.3 Å². The summed E-state index contributed by atoms with van der Waals surface area (Å²) in [5, 5.41) is 30.1. The second-order valence-electron chi connectivity index (χ2n) is 19.1. The van der Waals surface area contributed by atoms with Crippen LogP contribution in [0.5, 0.6) is 0 Å². The summed E-state index contributed by atoms with van der Waals surface area (Å²) < 4.78 is -0.829. The number of rotatable bonds is 34. The molecule has 23 nitrogen and oxygen atoms in total. The van der Waals surface area contributed by atoms with E-state index < -0.39 is 119 Å². The van der Waals surface area contributed by atoms with Gasteiger partial charge in [0.1, 0.15) is 42.1 Å². The number of amides is 8. The first kappa shape index (κ1) is 66.7. The maximum Gasteiger partial charge on any atom is 0.305 e. The summed E-state index contributed by atoms with van der Waals surface area (Å²) in [6.45, 7) is 12.1. The van der Waals surface area contributed by atoms with E-state index in [-0.39, 0.29) is 66.0 Å². The van der Waals surface area contributed by atoms with Crippen molar-refractivity contribution in [2.24, 2.45) is 22.2 Å². The van der Waals surface area contributed by atoms with Gasteiger partial charge in [-0.15, -0.1) is 11.6 Å². The molecule has 0 saturated heterocycles. The van der Waals surface area contributed by atoms with Crippen LogP contribution in [0.3, 0.4) is 0 Å². The van der Waals surface area contributed by atoms with E-state index >= 15 is 0 Å². The Morgan fingerprint density at radius 3 is 1.58 bits per heavy atom. The number of benzene rings is 1. The van der Waals surface area contributed by atoms with Crippen molar-refractivity contribution in [3.05, 3.63) is 35.9 Å². The topological polar surface area (TPSA) is 378 Å². The Kier molecular flexibility index (Phi) is 30.9. The summed E-state index contributed by atoms with van der Waals surface area (Å²) >= 11 is 12.5. The van der Waals surface area contributed by atoms with Crippen LogP contribution in [0.2, 0.25) is 0 Å². The van der Waals surface area contributed by atoms with Gasteiger partial charge >= 0.3 is 5.97 Å². The van der Waals surface area contributed by atoms with Gasteiger partial charge in [-0.2, -0.15) is 36.2 Å². The van der Waals surface area contributed by atoms with Crippen molar-refractivity contribution >= 4 is 113 Å². The van der Waals surface area contributed by atoms with E-state index in [1.807, 2.05) is 41.5 Å². The van der Waals surface area contributed by atoms with Crippen LogP contribution in [-0.2, 0) is 54.4 Å². The molecule has 74 heavy (non-hydrogen) atoms. The van der Waals surface area contributed by atoms with Crippen molar-refractivity contribution in [3.63, 3.8) is 0 Å². The number of halogens is 1.